The van der Waals surface area contributed by atoms with Crippen LogP contribution < -0.4 is 10.1 Å². The fraction of sp³-hybridized carbons (Fsp3) is 0.393. The van der Waals surface area contributed by atoms with Gasteiger partial charge in [-0.05, 0) is 36.1 Å². The van der Waals surface area contributed by atoms with Gasteiger partial charge >= 0.3 is 5.97 Å². The number of carboxylic acids is 1. The van der Waals surface area contributed by atoms with E-state index in [0.717, 1.165) is 46.2 Å². The number of aromatic nitrogens is 1. The minimum atomic E-state index is -0.901. The summed E-state index contributed by atoms with van der Waals surface area (Å²) in [5.74, 6) is -0.179. The first kappa shape index (κ1) is 23.1. The van der Waals surface area contributed by atoms with Crippen LogP contribution in [0.2, 0.25) is 0 Å². The van der Waals surface area contributed by atoms with Crippen molar-refractivity contribution in [3.8, 4) is 5.75 Å². The Bertz CT molecular complexity index is 1110. The molecule has 5 nitrogen and oxygen atoms in total. The normalized spacial score (nSPS) is 15.2. The van der Waals surface area contributed by atoms with Crippen LogP contribution in [0.5, 0.6) is 5.75 Å². The molecular weight excluding hydrogens is 412 g/mol. The van der Waals surface area contributed by atoms with Gasteiger partial charge in [0, 0.05) is 36.1 Å². The van der Waals surface area contributed by atoms with E-state index in [1.54, 1.807) is 7.11 Å². The second-order valence-electron chi connectivity index (χ2n) is 8.97. The molecule has 1 aliphatic rings. The monoisotopic (exact) mass is 446 g/mol. The number of nitrogens with zero attached hydrogens (tertiary/aromatic N) is 1. The Labute approximate surface area is 196 Å². The summed E-state index contributed by atoms with van der Waals surface area (Å²) in [5.41, 5.74) is 4.17. The van der Waals surface area contributed by atoms with Gasteiger partial charge < -0.3 is 19.7 Å². The van der Waals surface area contributed by atoms with Crippen molar-refractivity contribution in [1.82, 2.24) is 9.88 Å². The molecule has 1 aromatic heterocycles. The Morgan fingerprint density at radius 3 is 2.45 bits per heavy atom. The first-order valence-corrected chi connectivity index (χ1v) is 12.0. The number of hydrogen-bond donors (Lipinski definition) is 2. The number of carbonyl (C=O) groups is 1. The number of hydrogen-bond acceptors (Lipinski definition) is 3. The van der Waals surface area contributed by atoms with Gasteiger partial charge in [-0.1, -0.05) is 69.0 Å². The molecule has 3 aromatic rings. The van der Waals surface area contributed by atoms with E-state index in [0.29, 0.717) is 24.8 Å². The molecule has 174 valence electrons. The molecule has 0 amide bonds. The second kappa shape index (κ2) is 10.7. The highest BCUT2D eigenvalue weighted by atomic mass is 16.5. The topological polar surface area (TPSA) is 63.5 Å². The van der Waals surface area contributed by atoms with E-state index < -0.39 is 5.97 Å². The Hall–Kier alpha value is -3.05. The van der Waals surface area contributed by atoms with Crippen molar-refractivity contribution in [3.05, 3.63) is 71.4 Å². The van der Waals surface area contributed by atoms with Crippen molar-refractivity contribution in [2.75, 3.05) is 7.11 Å². The molecular formula is C28H34N2O3. The van der Waals surface area contributed by atoms with Crippen LogP contribution in [0.1, 0.15) is 72.1 Å². The molecule has 2 N–H and O–H groups in total. The molecule has 0 atom stereocenters. The lowest BCUT2D eigenvalue weighted by Gasteiger charge is -2.21. The predicted octanol–water partition coefficient (Wildman–Crippen LogP) is 6.24. The summed E-state index contributed by atoms with van der Waals surface area (Å²) in [5, 5.41) is 14.9. The third-order valence-corrected chi connectivity index (χ3v) is 6.81. The lowest BCUT2D eigenvalue weighted by atomic mass is 9.96. The van der Waals surface area contributed by atoms with Crippen molar-refractivity contribution in [1.29, 1.82) is 0 Å². The largest absolute Gasteiger partial charge is 0.497 e. The number of carboxylic acid groups (broad SMARTS) is 1. The van der Waals surface area contributed by atoms with E-state index in [1.807, 2.05) is 53.1 Å². The van der Waals surface area contributed by atoms with Gasteiger partial charge in [0.05, 0.1) is 12.6 Å². The molecule has 2 aromatic carbocycles. The van der Waals surface area contributed by atoms with Gasteiger partial charge in [-0.25, -0.2) is 4.79 Å². The molecule has 0 bridgehead atoms. The van der Waals surface area contributed by atoms with Gasteiger partial charge in [0.1, 0.15) is 11.4 Å². The van der Waals surface area contributed by atoms with Crippen LogP contribution in [0.15, 0.2) is 49.0 Å². The van der Waals surface area contributed by atoms with E-state index in [9.17, 15) is 9.90 Å². The summed E-state index contributed by atoms with van der Waals surface area (Å²) in [6, 6.07) is 14.4. The van der Waals surface area contributed by atoms with Crippen LogP contribution in [0.3, 0.4) is 0 Å². The molecule has 1 heterocycles. The summed E-state index contributed by atoms with van der Waals surface area (Å²) in [7, 11) is 1.64. The maximum atomic E-state index is 12.5. The molecule has 1 saturated carbocycles. The number of methoxy groups -OCH3 is 1. The van der Waals surface area contributed by atoms with Crippen molar-refractivity contribution in [2.45, 2.75) is 64.1 Å². The van der Waals surface area contributed by atoms with Gasteiger partial charge in [0.15, 0.2) is 0 Å². The molecule has 0 unspecified atom stereocenters. The average Bonchev–Trinajstić information content (AvgIpc) is 3.11. The highest BCUT2D eigenvalue weighted by Crippen LogP contribution is 2.31. The van der Waals surface area contributed by atoms with Crippen LogP contribution in [0.4, 0.5) is 0 Å². The van der Waals surface area contributed by atoms with E-state index >= 15 is 0 Å². The van der Waals surface area contributed by atoms with Gasteiger partial charge in [-0.15, -0.1) is 0 Å². The number of nitrogens with one attached hydrogen (secondary N) is 1. The SMILES string of the molecule is C=Cc1ccc(Cn2c(C(=O)O)c(CNC3CCCCCCC3)c3ccc(OC)cc32)cc1. The zero-order chi connectivity index (χ0) is 23.2. The average molecular weight is 447 g/mol. The molecule has 0 spiro atoms. The summed E-state index contributed by atoms with van der Waals surface area (Å²) < 4.78 is 7.38. The first-order valence-electron chi connectivity index (χ1n) is 12.0. The predicted molar refractivity (Wildman–Crippen MR) is 134 cm³/mol. The van der Waals surface area contributed by atoms with E-state index in [1.165, 1.54) is 32.1 Å². The molecule has 0 radical (unpaired) electrons. The minimum Gasteiger partial charge on any atom is -0.497 e. The van der Waals surface area contributed by atoms with Crippen LogP contribution in [0.25, 0.3) is 17.0 Å². The van der Waals surface area contributed by atoms with E-state index in [4.69, 9.17) is 4.74 Å². The highest BCUT2D eigenvalue weighted by molar-refractivity contribution is 5.98. The Morgan fingerprint density at radius 2 is 1.82 bits per heavy atom. The summed E-state index contributed by atoms with van der Waals surface area (Å²) >= 11 is 0. The Balaban J connectivity index is 1.72. The van der Waals surface area contributed by atoms with E-state index in [-0.39, 0.29) is 0 Å². The second-order valence-corrected chi connectivity index (χ2v) is 8.97. The van der Waals surface area contributed by atoms with Gasteiger partial charge in [-0.3, -0.25) is 0 Å². The number of aromatic carboxylic acids is 1. The zero-order valence-electron chi connectivity index (χ0n) is 19.5. The lowest BCUT2D eigenvalue weighted by molar-refractivity contribution is 0.0684. The van der Waals surface area contributed by atoms with Crippen LogP contribution >= 0.6 is 0 Å². The number of benzene rings is 2. The fourth-order valence-corrected chi connectivity index (χ4v) is 4.96. The molecule has 5 heteroatoms. The highest BCUT2D eigenvalue weighted by Gasteiger charge is 2.24. The van der Waals surface area contributed by atoms with Crippen molar-refractivity contribution >= 4 is 22.9 Å². The molecule has 0 aliphatic heterocycles. The summed E-state index contributed by atoms with van der Waals surface area (Å²) in [6.45, 7) is 4.84. The van der Waals surface area contributed by atoms with Crippen molar-refractivity contribution in [3.63, 3.8) is 0 Å². The Morgan fingerprint density at radius 1 is 1.12 bits per heavy atom. The summed E-state index contributed by atoms with van der Waals surface area (Å²) in [6.07, 6.45) is 10.5. The van der Waals surface area contributed by atoms with Crippen LogP contribution in [0, 0.1) is 0 Å². The quantitative estimate of drug-likeness (QED) is 0.430. The lowest BCUT2D eigenvalue weighted by Crippen LogP contribution is -2.30. The standard InChI is InChI=1S/C28H34N2O3/c1-3-20-11-13-21(14-12-20)19-30-26-17-23(33-2)15-16-24(26)25(27(30)28(31)32)18-29-22-9-7-5-4-6-8-10-22/h3,11-17,22,29H,1,4-10,18-19H2,2H3,(H,31,32). The van der Waals surface area contributed by atoms with Crippen molar-refractivity contribution < 1.29 is 14.6 Å². The third-order valence-electron chi connectivity index (χ3n) is 6.81. The molecule has 33 heavy (non-hydrogen) atoms. The molecule has 1 aliphatic carbocycles. The maximum Gasteiger partial charge on any atom is 0.352 e. The first-order chi connectivity index (χ1) is 16.1. The number of rotatable bonds is 8. The zero-order valence-corrected chi connectivity index (χ0v) is 19.5. The van der Waals surface area contributed by atoms with Crippen LogP contribution in [-0.2, 0) is 13.1 Å². The smallest absolute Gasteiger partial charge is 0.352 e. The van der Waals surface area contributed by atoms with Gasteiger partial charge in [-0.2, -0.15) is 0 Å². The van der Waals surface area contributed by atoms with E-state index in [2.05, 4.69) is 11.9 Å². The van der Waals surface area contributed by atoms with Gasteiger partial charge in [0.2, 0.25) is 0 Å². The fourth-order valence-electron chi connectivity index (χ4n) is 4.96. The third kappa shape index (κ3) is 5.31. The minimum absolute atomic E-state index is 0.351. The Kier molecular flexibility index (Phi) is 7.50. The number of ether oxygens (including phenoxy) is 1. The van der Waals surface area contributed by atoms with Gasteiger partial charge in [0.25, 0.3) is 0 Å². The molecule has 1 fully saturated rings. The van der Waals surface area contributed by atoms with Crippen LogP contribution in [-0.4, -0.2) is 28.8 Å². The molecule has 4 rings (SSSR count). The number of fused-ring (bicyclic) bond motifs is 1. The summed E-state index contributed by atoms with van der Waals surface area (Å²) in [4.78, 5) is 12.5. The molecule has 0 saturated heterocycles. The van der Waals surface area contributed by atoms with Crippen molar-refractivity contribution in [2.24, 2.45) is 0 Å². The maximum absolute atomic E-state index is 12.5.